The van der Waals surface area contributed by atoms with Crippen molar-refractivity contribution in [3.8, 4) is 0 Å². The lowest BCUT2D eigenvalue weighted by Gasteiger charge is -2.19. The standard InChI is InChI=1S/C16H22BrN3/c1-5-12-9-13(20(4)19-12)10-16(18-3)14-7-6-8-15(17)11(14)2/h6-9,16,18H,5,10H2,1-4H3. The van der Waals surface area contributed by atoms with Crippen molar-refractivity contribution >= 4 is 15.9 Å². The minimum Gasteiger partial charge on any atom is -0.313 e. The molecule has 0 aliphatic rings. The van der Waals surface area contributed by atoms with Gasteiger partial charge in [-0.15, -0.1) is 0 Å². The molecule has 0 aliphatic heterocycles. The van der Waals surface area contributed by atoms with Crippen LogP contribution in [-0.2, 0) is 19.9 Å². The van der Waals surface area contributed by atoms with Crippen LogP contribution in [0.15, 0.2) is 28.7 Å². The van der Waals surface area contributed by atoms with Gasteiger partial charge in [-0.3, -0.25) is 4.68 Å². The Kier molecular flexibility index (Phi) is 5.00. The van der Waals surface area contributed by atoms with Crippen LogP contribution in [0.1, 0.15) is 35.5 Å². The van der Waals surface area contributed by atoms with Crippen molar-refractivity contribution in [3.63, 3.8) is 0 Å². The highest BCUT2D eigenvalue weighted by atomic mass is 79.9. The Labute approximate surface area is 129 Å². The van der Waals surface area contributed by atoms with Crippen molar-refractivity contribution < 1.29 is 0 Å². The zero-order valence-electron chi connectivity index (χ0n) is 12.6. The molecule has 108 valence electrons. The minimum atomic E-state index is 0.299. The fraction of sp³-hybridized carbons (Fsp3) is 0.438. The maximum absolute atomic E-state index is 4.53. The molecule has 0 aliphatic carbocycles. The number of aryl methyl sites for hydroxylation is 2. The van der Waals surface area contributed by atoms with E-state index in [0.29, 0.717) is 6.04 Å². The summed E-state index contributed by atoms with van der Waals surface area (Å²) in [5.41, 5.74) is 5.05. The zero-order valence-corrected chi connectivity index (χ0v) is 14.2. The van der Waals surface area contributed by atoms with E-state index in [1.165, 1.54) is 16.8 Å². The van der Waals surface area contributed by atoms with Gasteiger partial charge in [0.1, 0.15) is 0 Å². The highest BCUT2D eigenvalue weighted by Crippen LogP contribution is 2.26. The van der Waals surface area contributed by atoms with E-state index in [0.717, 1.165) is 23.0 Å². The zero-order chi connectivity index (χ0) is 14.7. The van der Waals surface area contributed by atoms with E-state index < -0.39 is 0 Å². The fourth-order valence-corrected chi connectivity index (χ4v) is 2.90. The Balaban J connectivity index is 2.28. The van der Waals surface area contributed by atoms with Crippen molar-refractivity contribution in [2.75, 3.05) is 7.05 Å². The molecule has 1 atom stereocenters. The first-order valence-corrected chi connectivity index (χ1v) is 7.80. The monoisotopic (exact) mass is 335 g/mol. The maximum atomic E-state index is 4.53. The molecule has 1 heterocycles. The van der Waals surface area contributed by atoms with E-state index in [4.69, 9.17) is 0 Å². The predicted molar refractivity (Wildman–Crippen MR) is 87.0 cm³/mol. The third kappa shape index (κ3) is 3.13. The van der Waals surface area contributed by atoms with Crippen LogP contribution < -0.4 is 5.32 Å². The average Bonchev–Trinajstić information content (AvgIpc) is 2.80. The Morgan fingerprint density at radius 3 is 2.75 bits per heavy atom. The average molecular weight is 336 g/mol. The Hall–Kier alpha value is -1.13. The van der Waals surface area contributed by atoms with Gasteiger partial charge in [0, 0.05) is 29.7 Å². The van der Waals surface area contributed by atoms with Crippen LogP contribution in [0, 0.1) is 6.92 Å². The fourth-order valence-electron chi connectivity index (χ4n) is 2.51. The molecule has 2 rings (SSSR count). The van der Waals surface area contributed by atoms with Gasteiger partial charge in [-0.25, -0.2) is 0 Å². The van der Waals surface area contributed by atoms with Crippen LogP contribution in [0.25, 0.3) is 0 Å². The molecule has 1 N–H and O–H groups in total. The van der Waals surface area contributed by atoms with Crippen molar-refractivity contribution in [1.82, 2.24) is 15.1 Å². The Morgan fingerprint density at radius 1 is 1.40 bits per heavy atom. The van der Waals surface area contributed by atoms with Crippen molar-refractivity contribution in [2.45, 2.75) is 32.7 Å². The van der Waals surface area contributed by atoms with Crippen molar-refractivity contribution in [3.05, 3.63) is 51.3 Å². The number of benzene rings is 1. The molecule has 20 heavy (non-hydrogen) atoms. The molecular formula is C16H22BrN3. The summed E-state index contributed by atoms with van der Waals surface area (Å²) >= 11 is 3.61. The molecule has 0 bridgehead atoms. The highest BCUT2D eigenvalue weighted by molar-refractivity contribution is 9.10. The lowest BCUT2D eigenvalue weighted by molar-refractivity contribution is 0.558. The lowest BCUT2D eigenvalue weighted by Crippen LogP contribution is -2.21. The second kappa shape index (κ2) is 6.55. The summed E-state index contributed by atoms with van der Waals surface area (Å²) in [5, 5.41) is 7.96. The van der Waals surface area contributed by atoms with Crippen LogP contribution in [0.5, 0.6) is 0 Å². The number of hydrogen-bond donors (Lipinski definition) is 1. The SMILES string of the molecule is CCc1cc(CC(NC)c2cccc(Br)c2C)n(C)n1. The van der Waals surface area contributed by atoms with Gasteiger partial charge in [0.15, 0.2) is 0 Å². The molecule has 2 aromatic rings. The van der Waals surface area contributed by atoms with E-state index in [9.17, 15) is 0 Å². The number of hydrogen-bond acceptors (Lipinski definition) is 2. The molecule has 0 saturated heterocycles. The number of rotatable bonds is 5. The van der Waals surface area contributed by atoms with Crippen LogP contribution >= 0.6 is 15.9 Å². The number of likely N-dealkylation sites (N-methyl/N-ethyl adjacent to an activating group) is 1. The predicted octanol–water partition coefficient (Wildman–Crippen LogP) is 3.56. The second-order valence-corrected chi connectivity index (χ2v) is 5.96. The summed E-state index contributed by atoms with van der Waals surface area (Å²) in [5.74, 6) is 0. The molecule has 0 radical (unpaired) electrons. The van der Waals surface area contributed by atoms with Crippen molar-refractivity contribution in [1.29, 1.82) is 0 Å². The largest absolute Gasteiger partial charge is 0.313 e. The van der Waals surface area contributed by atoms with Gasteiger partial charge in [-0.2, -0.15) is 5.10 Å². The molecule has 1 aromatic heterocycles. The molecule has 0 spiro atoms. The van der Waals surface area contributed by atoms with Crippen LogP contribution in [0.2, 0.25) is 0 Å². The molecule has 3 nitrogen and oxygen atoms in total. The van der Waals surface area contributed by atoms with Crippen LogP contribution in [0.3, 0.4) is 0 Å². The first kappa shape index (κ1) is 15.3. The molecule has 0 saturated carbocycles. The first-order chi connectivity index (χ1) is 9.56. The Morgan fingerprint density at radius 2 is 2.15 bits per heavy atom. The molecule has 0 amide bonds. The number of nitrogens with zero attached hydrogens (tertiary/aromatic N) is 2. The molecule has 1 unspecified atom stereocenters. The van der Waals surface area contributed by atoms with Crippen molar-refractivity contribution in [2.24, 2.45) is 7.05 Å². The number of nitrogens with one attached hydrogen (secondary N) is 1. The number of aromatic nitrogens is 2. The smallest absolute Gasteiger partial charge is 0.0624 e. The van der Waals surface area contributed by atoms with E-state index in [1.54, 1.807) is 0 Å². The summed E-state index contributed by atoms with van der Waals surface area (Å²) in [6.45, 7) is 4.30. The van der Waals surface area contributed by atoms with E-state index in [1.807, 2.05) is 18.8 Å². The molecule has 0 fully saturated rings. The topological polar surface area (TPSA) is 29.9 Å². The van der Waals surface area contributed by atoms with Gasteiger partial charge >= 0.3 is 0 Å². The van der Waals surface area contributed by atoms with E-state index in [-0.39, 0.29) is 0 Å². The van der Waals surface area contributed by atoms with E-state index in [2.05, 4.69) is 64.5 Å². The van der Waals surface area contributed by atoms with Gasteiger partial charge in [0.25, 0.3) is 0 Å². The quantitative estimate of drug-likeness (QED) is 0.905. The summed E-state index contributed by atoms with van der Waals surface area (Å²) in [6, 6.07) is 8.88. The maximum Gasteiger partial charge on any atom is 0.0624 e. The van der Waals surface area contributed by atoms with E-state index >= 15 is 0 Å². The highest BCUT2D eigenvalue weighted by Gasteiger charge is 2.16. The van der Waals surface area contributed by atoms with Gasteiger partial charge in [0.2, 0.25) is 0 Å². The van der Waals surface area contributed by atoms with Crippen LogP contribution in [-0.4, -0.2) is 16.8 Å². The minimum absolute atomic E-state index is 0.299. The third-order valence-electron chi connectivity index (χ3n) is 3.84. The number of halogens is 1. The second-order valence-electron chi connectivity index (χ2n) is 5.10. The Bertz CT molecular complexity index is 589. The van der Waals surface area contributed by atoms with Gasteiger partial charge in [-0.1, -0.05) is 35.0 Å². The van der Waals surface area contributed by atoms with Gasteiger partial charge in [-0.05, 0) is 43.7 Å². The molecule has 4 heteroatoms. The molecule has 1 aromatic carbocycles. The van der Waals surface area contributed by atoms with Gasteiger partial charge in [0.05, 0.1) is 5.69 Å². The summed E-state index contributed by atoms with van der Waals surface area (Å²) in [7, 11) is 4.04. The molecular weight excluding hydrogens is 314 g/mol. The lowest BCUT2D eigenvalue weighted by atomic mass is 9.97. The first-order valence-electron chi connectivity index (χ1n) is 7.00. The third-order valence-corrected chi connectivity index (χ3v) is 4.70. The summed E-state index contributed by atoms with van der Waals surface area (Å²) in [6.07, 6.45) is 1.92. The summed E-state index contributed by atoms with van der Waals surface area (Å²) in [4.78, 5) is 0. The summed E-state index contributed by atoms with van der Waals surface area (Å²) < 4.78 is 3.16. The normalized spacial score (nSPS) is 12.7. The van der Waals surface area contributed by atoms with Gasteiger partial charge < -0.3 is 5.32 Å². The van der Waals surface area contributed by atoms with Crippen LogP contribution in [0.4, 0.5) is 0 Å².